The molecule has 0 saturated carbocycles. The molecule has 0 spiro atoms. The van der Waals surface area contributed by atoms with Gasteiger partial charge in [0.05, 0.1) is 0 Å². The zero-order chi connectivity index (χ0) is 24.8. The molecule has 1 atom stereocenters. The molecular weight excluding hydrogens is 424 g/mol. The molecule has 0 amide bonds. The molecule has 0 radical (unpaired) electrons. The number of hydrogen-bond donors (Lipinski definition) is 2. The molecule has 2 aliphatic rings. The van der Waals surface area contributed by atoms with Crippen molar-refractivity contribution in [2.75, 3.05) is 0 Å². The van der Waals surface area contributed by atoms with Crippen LogP contribution in [-0.2, 0) is 18.3 Å². The Labute approximate surface area is 203 Å². The van der Waals surface area contributed by atoms with Crippen molar-refractivity contribution in [3.05, 3.63) is 76.4 Å². The summed E-state index contributed by atoms with van der Waals surface area (Å²) >= 11 is 0. The Morgan fingerprint density at radius 1 is 1.18 bits per heavy atom. The highest BCUT2D eigenvalue weighted by atomic mass is 16.5. The van der Waals surface area contributed by atoms with Crippen LogP contribution in [0.2, 0.25) is 0 Å². The largest absolute Gasteiger partial charge is 0.507 e. The van der Waals surface area contributed by atoms with Gasteiger partial charge in [0.25, 0.3) is 0 Å². The van der Waals surface area contributed by atoms with Gasteiger partial charge in [-0.05, 0) is 76.3 Å². The number of allylic oxidation sites excluding steroid dienone is 3. The molecule has 0 aliphatic carbocycles. The minimum Gasteiger partial charge on any atom is -0.507 e. The van der Waals surface area contributed by atoms with Gasteiger partial charge in [0.15, 0.2) is 11.5 Å². The molecule has 0 bridgehead atoms. The van der Waals surface area contributed by atoms with Crippen LogP contribution < -0.4 is 9.47 Å². The van der Waals surface area contributed by atoms with Gasteiger partial charge in [0.1, 0.15) is 23.2 Å². The molecule has 4 heteroatoms. The van der Waals surface area contributed by atoms with Gasteiger partial charge in [-0.3, -0.25) is 0 Å². The molecule has 180 valence electrons. The Bertz CT molecular complexity index is 1190. The predicted molar refractivity (Wildman–Crippen MR) is 138 cm³/mol. The number of hydrogen-bond acceptors (Lipinski definition) is 4. The fourth-order valence-electron chi connectivity index (χ4n) is 4.68. The molecule has 0 saturated heterocycles. The number of ether oxygens (including phenoxy) is 2. The molecule has 4 rings (SSSR count). The van der Waals surface area contributed by atoms with E-state index in [1.54, 1.807) is 12.1 Å². The van der Waals surface area contributed by atoms with Crippen LogP contribution in [0.3, 0.4) is 0 Å². The summed E-state index contributed by atoms with van der Waals surface area (Å²) in [7, 11) is 0. The maximum absolute atomic E-state index is 10.9. The van der Waals surface area contributed by atoms with E-state index in [0.717, 1.165) is 47.1 Å². The number of aromatic hydroxyl groups is 2. The summed E-state index contributed by atoms with van der Waals surface area (Å²) in [5, 5.41) is 21.7. The van der Waals surface area contributed by atoms with Crippen molar-refractivity contribution >= 4 is 6.08 Å². The quantitative estimate of drug-likeness (QED) is 0.459. The molecule has 2 heterocycles. The van der Waals surface area contributed by atoms with Crippen LogP contribution in [0.25, 0.3) is 6.08 Å². The monoisotopic (exact) mass is 460 g/mol. The van der Waals surface area contributed by atoms with Gasteiger partial charge in [0.2, 0.25) is 0 Å². The lowest BCUT2D eigenvalue weighted by Gasteiger charge is -2.33. The van der Waals surface area contributed by atoms with Crippen LogP contribution in [0.15, 0.2) is 48.6 Å². The Morgan fingerprint density at radius 3 is 2.59 bits per heavy atom. The van der Waals surface area contributed by atoms with Crippen LogP contribution in [-0.4, -0.2) is 15.8 Å². The van der Waals surface area contributed by atoms with Gasteiger partial charge in [0, 0.05) is 28.2 Å². The van der Waals surface area contributed by atoms with Gasteiger partial charge in [-0.1, -0.05) is 37.6 Å². The molecule has 4 nitrogen and oxygen atoms in total. The van der Waals surface area contributed by atoms with Crippen molar-refractivity contribution in [1.29, 1.82) is 0 Å². The highest BCUT2D eigenvalue weighted by molar-refractivity contribution is 5.71. The number of fused-ring (bicyclic) bond motifs is 2. The fraction of sp³-hybridized carbons (Fsp3) is 0.400. The number of aryl methyl sites for hydroxylation is 1. The van der Waals surface area contributed by atoms with Crippen LogP contribution in [0.4, 0.5) is 0 Å². The van der Waals surface area contributed by atoms with Crippen LogP contribution in [0.5, 0.6) is 23.0 Å². The molecule has 0 aromatic heterocycles. The molecule has 2 aromatic rings. The lowest BCUT2D eigenvalue weighted by molar-refractivity contribution is 0.151. The fourth-order valence-corrected chi connectivity index (χ4v) is 4.68. The second-order valence-electron chi connectivity index (χ2n) is 10.8. The van der Waals surface area contributed by atoms with Crippen molar-refractivity contribution in [2.24, 2.45) is 0 Å². The Balaban J connectivity index is 1.77. The normalized spacial score (nSPS) is 18.2. The zero-order valence-corrected chi connectivity index (χ0v) is 21.2. The first-order valence-electron chi connectivity index (χ1n) is 12.0. The van der Waals surface area contributed by atoms with E-state index in [0.29, 0.717) is 11.5 Å². The lowest BCUT2D eigenvalue weighted by Crippen LogP contribution is -2.28. The standard InChI is InChI=1S/C30H36O4/c1-8-29(4,5)23-15-19-10-12-26(33-27(19)17-24(23)31)22-16-25(32)28-21(13-14-30(6,7)34-28)20(22)11-9-18(2)3/h8-9,13-17,26,31-32H,1,10-12H2,2-7H3. The third-order valence-electron chi connectivity index (χ3n) is 6.85. The molecular formula is C30H36O4. The Hall–Kier alpha value is -3.14. The summed E-state index contributed by atoms with van der Waals surface area (Å²) in [4.78, 5) is 0. The second kappa shape index (κ2) is 8.57. The van der Waals surface area contributed by atoms with E-state index in [-0.39, 0.29) is 23.0 Å². The minimum atomic E-state index is -0.478. The molecule has 1 unspecified atom stereocenters. The summed E-state index contributed by atoms with van der Waals surface area (Å²) in [6.45, 7) is 16.1. The third-order valence-corrected chi connectivity index (χ3v) is 6.85. The van der Waals surface area contributed by atoms with Crippen molar-refractivity contribution < 1.29 is 19.7 Å². The van der Waals surface area contributed by atoms with Gasteiger partial charge in [-0.25, -0.2) is 0 Å². The number of benzene rings is 2. The average molecular weight is 461 g/mol. The lowest BCUT2D eigenvalue weighted by atomic mass is 9.82. The second-order valence-corrected chi connectivity index (χ2v) is 10.8. The first-order chi connectivity index (χ1) is 15.9. The van der Waals surface area contributed by atoms with Crippen molar-refractivity contribution in [1.82, 2.24) is 0 Å². The third kappa shape index (κ3) is 4.46. The summed E-state index contributed by atoms with van der Waals surface area (Å²) in [6.07, 6.45) is 10.2. The summed E-state index contributed by atoms with van der Waals surface area (Å²) < 4.78 is 12.6. The van der Waals surface area contributed by atoms with Crippen LogP contribution in [0, 0.1) is 0 Å². The first-order valence-corrected chi connectivity index (χ1v) is 12.0. The van der Waals surface area contributed by atoms with Crippen LogP contribution in [0.1, 0.15) is 81.9 Å². The maximum Gasteiger partial charge on any atom is 0.169 e. The van der Waals surface area contributed by atoms with Gasteiger partial charge >= 0.3 is 0 Å². The SMILES string of the molecule is C=CC(C)(C)c1cc2c(cc1O)OC(c1cc(O)c3c(c1CC=C(C)C)C=CC(C)(C)O3)CC2. The van der Waals surface area contributed by atoms with Gasteiger partial charge < -0.3 is 19.7 Å². The molecule has 2 aromatic carbocycles. The Morgan fingerprint density at radius 2 is 1.91 bits per heavy atom. The van der Waals surface area contributed by atoms with Crippen molar-refractivity contribution in [3.8, 4) is 23.0 Å². The van der Waals surface area contributed by atoms with E-state index in [4.69, 9.17) is 9.47 Å². The van der Waals surface area contributed by atoms with Crippen molar-refractivity contribution in [3.63, 3.8) is 0 Å². The molecule has 0 fully saturated rings. The average Bonchev–Trinajstić information content (AvgIpc) is 2.77. The molecule has 2 aliphatic heterocycles. The van der Waals surface area contributed by atoms with E-state index >= 15 is 0 Å². The van der Waals surface area contributed by atoms with Crippen LogP contribution >= 0.6 is 0 Å². The summed E-state index contributed by atoms with van der Waals surface area (Å²) in [5.74, 6) is 1.55. The number of rotatable bonds is 5. The maximum atomic E-state index is 10.9. The summed E-state index contributed by atoms with van der Waals surface area (Å²) in [6, 6.07) is 5.56. The zero-order valence-electron chi connectivity index (χ0n) is 21.2. The first kappa shape index (κ1) is 24.0. The highest BCUT2D eigenvalue weighted by Gasteiger charge is 2.32. The highest BCUT2D eigenvalue weighted by Crippen LogP contribution is 2.47. The Kier molecular flexibility index (Phi) is 6.05. The van der Waals surface area contributed by atoms with E-state index in [1.165, 1.54) is 5.57 Å². The van der Waals surface area contributed by atoms with E-state index < -0.39 is 5.60 Å². The molecule has 34 heavy (non-hydrogen) atoms. The topological polar surface area (TPSA) is 58.9 Å². The van der Waals surface area contributed by atoms with E-state index in [2.05, 4.69) is 32.6 Å². The van der Waals surface area contributed by atoms with Gasteiger partial charge in [-0.2, -0.15) is 0 Å². The number of phenolic OH excluding ortho intramolecular Hbond substituents is 2. The predicted octanol–water partition coefficient (Wildman–Crippen LogP) is 7.32. The minimum absolute atomic E-state index is 0.128. The van der Waals surface area contributed by atoms with Gasteiger partial charge in [-0.15, -0.1) is 6.58 Å². The smallest absolute Gasteiger partial charge is 0.169 e. The summed E-state index contributed by atoms with van der Waals surface area (Å²) in [5.41, 5.74) is 5.32. The number of phenols is 2. The van der Waals surface area contributed by atoms with E-state index in [9.17, 15) is 10.2 Å². The van der Waals surface area contributed by atoms with Crippen molar-refractivity contribution in [2.45, 2.75) is 77.9 Å². The molecule has 2 N–H and O–H groups in total. The van der Waals surface area contributed by atoms with E-state index in [1.807, 2.05) is 45.9 Å².